The minimum absolute atomic E-state index is 0.190. The predicted molar refractivity (Wildman–Crippen MR) is 82.8 cm³/mol. The first-order valence-corrected chi connectivity index (χ1v) is 7.31. The Balaban J connectivity index is 2.32. The van der Waals surface area contributed by atoms with Gasteiger partial charge in [0.1, 0.15) is 11.6 Å². The summed E-state index contributed by atoms with van der Waals surface area (Å²) in [7, 11) is 0. The molecule has 0 radical (unpaired) electrons. The van der Waals surface area contributed by atoms with Crippen LogP contribution in [0.3, 0.4) is 0 Å². The van der Waals surface area contributed by atoms with Crippen molar-refractivity contribution >= 4 is 5.97 Å². The molecule has 3 nitrogen and oxygen atoms in total. The van der Waals surface area contributed by atoms with Gasteiger partial charge in [-0.2, -0.15) is 0 Å². The highest BCUT2D eigenvalue weighted by Crippen LogP contribution is 2.17. The predicted octanol–water partition coefficient (Wildman–Crippen LogP) is 3.50. The molecule has 1 aromatic rings. The SMILES string of the molecule is CC(NCCC(C)c1ccccc1)C(=O)OC(C)(C)C. The van der Waals surface area contributed by atoms with Crippen LogP contribution in [0.15, 0.2) is 30.3 Å². The van der Waals surface area contributed by atoms with Crippen LogP contribution in [0.4, 0.5) is 0 Å². The normalized spacial score (nSPS) is 14.7. The van der Waals surface area contributed by atoms with Gasteiger partial charge in [0.05, 0.1) is 0 Å². The largest absolute Gasteiger partial charge is 0.459 e. The van der Waals surface area contributed by atoms with Gasteiger partial charge in [0, 0.05) is 0 Å². The lowest BCUT2D eigenvalue weighted by Crippen LogP contribution is -2.39. The van der Waals surface area contributed by atoms with Crippen molar-refractivity contribution in [2.24, 2.45) is 0 Å². The summed E-state index contributed by atoms with van der Waals surface area (Å²) in [5.41, 5.74) is 0.906. The van der Waals surface area contributed by atoms with Crippen molar-refractivity contribution < 1.29 is 9.53 Å². The molecule has 0 saturated heterocycles. The van der Waals surface area contributed by atoms with Crippen molar-refractivity contribution in [1.82, 2.24) is 5.32 Å². The van der Waals surface area contributed by atoms with Gasteiger partial charge in [0.15, 0.2) is 0 Å². The molecular weight excluding hydrogens is 250 g/mol. The third kappa shape index (κ3) is 6.20. The Hall–Kier alpha value is -1.35. The van der Waals surface area contributed by atoms with Crippen molar-refractivity contribution in [3.63, 3.8) is 0 Å². The average molecular weight is 277 g/mol. The molecule has 0 aliphatic heterocycles. The van der Waals surface area contributed by atoms with Crippen LogP contribution in [0.1, 0.15) is 52.5 Å². The summed E-state index contributed by atoms with van der Waals surface area (Å²) in [6.07, 6.45) is 0.997. The second-order valence-electron chi connectivity index (χ2n) is 6.31. The minimum atomic E-state index is -0.426. The molecule has 1 rings (SSSR count). The molecule has 2 unspecified atom stereocenters. The smallest absolute Gasteiger partial charge is 0.323 e. The zero-order valence-corrected chi connectivity index (χ0v) is 13.3. The van der Waals surface area contributed by atoms with E-state index in [0.29, 0.717) is 5.92 Å². The van der Waals surface area contributed by atoms with Crippen LogP contribution in [0.2, 0.25) is 0 Å². The van der Waals surface area contributed by atoms with Crippen molar-refractivity contribution in [3.05, 3.63) is 35.9 Å². The second-order valence-corrected chi connectivity index (χ2v) is 6.31. The lowest BCUT2D eigenvalue weighted by molar-refractivity contribution is -0.156. The van der Waals surface area contributed by atoms with E-state index in [4.69, 9.17) is 4.74 Å². The first-order valence-electron chi connectivity index (χ1n) is 7.31. The number of hydrogen-bond donors (Lipinski definition) is 1. The second kappa shape index (κ2) is 7.44. The van der Waals surface area contributed by atoms with Crippen LogP contribution in [-0.2, 0) is 9.53 Å². The number of ether oxygens (including phenoxy) is 1. The van der Waals surface area contributed by atoms with Gasteiger partial charge in [0.25, 0.3) is 0 Å². The molecule has 0 aromatic heterocycles. The van der Waals surface area contributed by atoms with Crippen molar-refractivity contribution in [3.8, 4) is 0 Å². The van der Waals surface area contributed by atoms with Gasteiger partial charge in [-0.25, -0.2) is 0 Å². The van der Waals surface area contributed by atoms with E-state index in [0.717, 1.165) is 13.0 Å². The molecule has 0 saturated carbocycles. The molecule has 20 heavy (non-hydrogen) atoms. The van der Waals surface area contributed by atoms with Crippen LogP contribution in [0, 0.1) is 0 Å². The zero-order valence-electron chi connectivity index (χ0n) is 13.3. The highest BCUT2D eigenvalue weighted by Gasteiger charge is 2.21. The van der Waals surface area contributed by atoms with Crippen LogP contribution in [-0.4, -0.2) is 24.2 Å². The lowest BCUT2D eigenvalue weighted by Gasteiger charge is -2.23. The van der Waals surface area contributed by atoms with Gasteiger partial charge in [-0.1, -0.05) is 37.3 Å². The number of hydrogen-bond acceptors (Lipinski definition) is 3. The maximum absolute atomic E-state index is 11.8. The molecule has 0 heterocycles. The number of carbonyl (C=O) groups excluding carboxylic acids is 1. The van der Waals surface area contributed by atoms with E-state index in [1.54, 1.807) is 0 Å². The van der Waals surface area contributed by atoms with Crippen molar-refractivity contribution in [2.75, 3.05) is 6.54 Å². The molecule has 0 fully saturated rings. The number of nitrogens with one attached hydrogen (secondary N) is 1. The van der Waals surface area contributed by atoms with Gasteiger partial charge >= 0.3 is 5.97 Å². The Labute approximate surface area is 122 Å². The molecule has 112 valence electrons. The summed E-state index contributed by atoms with van der Waals surface area (Å²) in [5, 5.41) is 3.23. The molecule has 1 N–H and O–H groups in total. The molecular formula is C17H27NO2. The Morgan fingerprint density at radius 2 is 1.80 bits per heavy atom. The first kappa shape index (κ1) is 16.7. The fraction of sp³-hybridized carbons (Fsp3) is 0.588. The summed E-state index contributed by atoms with van der Waals surface area (Å²) >= 11 is 0. The van der Waals surface area contributed by atoms with Gasteiger partial charge in [0.2, 0.25) is 0 Å². The molecule has 0 spiro atoms. The van der Waals surface area contributed by atoms with Crippen molar-refractivity contribution in [1.29, 1.82) is 0 Å². The summed E-state index contributed by atoms with van der Waals surface area (Å²) < 4.78 is 5.34. The standard InChI is InChI=1S/C17H27NO2/c1-13(15-9-7-6-8-10-15)11-12-18-14(2)16(19)20-17(3,4)5/h6-10,13-14,18H,11-12H2,1-5H3. The first-order chi connectivity index (χ1) is 9.29. The third-order valence-corrected chi connectivity index (χ3v) is 3.16. The number of benzene rings is 1. The highest BCUT2D eigenvalue weighted by atomic mass is 16.6. The monoisotopic (exact) mass is 277 g/mol. The number of rotatable bonds is 6. The van der Waals surface area contributed by atoms with Crippen LogP contribution < -0.4 is 5.32 Å². The quantitative estimate of drug-likeness (QED) is 0.809. The van der Waals surface area contributed by atoms with Gasteiger partial charge < -0.3 is 10.1 Å². The Morgan fingerprint density at radius 3 is 2.35 bits per heavy atom. The summed E-state index contributed by atoms with van der Waals surface area (Å²) in [6.45, 7) is 10.5. The summed E-state index contributed by atoms with van der Waals surface area (Å²) in [6, 6.07) is 10.2. The van der Waals surface area contributed by atoms with Crippen LogP contribution in [0.5, 0.6) is 0 Å². The van der Waals surface area contributed by atoms with E-state index in [2.05, 4.69) is 36.5 Å². The van der Waals surface area contributed by atoms with E-state index >= 15 is 0 Å². The summed E-state index contributed by atoms with van der Waals surface area (Å²) in [5.74, 6) is 0.291. The van der Waals surface area contributed by atoms with E-state index < -0.39 is 5.60 Å². The average Bonchev–Trinajstić information content (AvgIpc) is 2.37. The molecule has 2 atom stereocenters. The molecule has 1 aromatic carbocycles. The maximum Gasteiger partial charge on any atom is 0.323 e. The number of carbonyl (C=O) groups is 1. The summed E-state index contributed by atoms with van der Waals surface area (Å²) in [4.78, 5) is 11.8. The minimum Gasteiger partial charge on any atom is -0.459 e. The lowest BCUT2D eigenvalue weighted by atomic mass is 9.98. The zero-order chi connectivity index (χ0) is 15.2. The topological polar surface area (TPSA) is 38.3 Å². The van der Waals surface area contributed by atoms with E-state index in [1.165, 1.54) is 5.56 Å². The van der Waals surface area contributed by atoms with Gasteiger partial charge in [-0.15, -0.1) is 0 Å². The molecule has 0 bridgehead atoms. The van der Waals surface area contributed by atoms with E-state index in [9.17, 15) is 4.79 Å². The Morgan fingerprint density at radius 1 is 1.20 bits per heavy atom. The van der Waals surface area contributed by atoms with Crippen LogP contribution in [0.25, 0.3) is 0 Å². The molecule has 0 aliphatic rings. The van der Waals surface area contributed by atoms with Crippen molar-refractivity contribution in [2.45, 2.75) is 58.6 Å². The number of esters is 1. The highest BCUT2D eigenvalue weighted by molar-refractivity contribution is 5.75. The fourth-order valence-electron chi connectivity index (χ4n) is 1.94. The van der Waals surface area contributed by atoms with E-state index in [-0.39, 0.29) is 12.0 Å². The Kier molecular flexibility index (Phi) is 6.21. The van der Waals surface area contributed by atoms with E-state index in [1.807, 2.05) is 33.8 Å². The Bertz CT molecular complexity index is 409. The molecule has 0 aliphatic carbocycles. The van der Waals surface area contributed by atoms with Gasteiger partial charge in [-0.05, 0) is 52.1 Å². The van der Waals surface area contributed by atoms with Crippen LogP contribution >= 0.6 is 0 Å². The molecule has 3 heteroatoms. The van der Waals surface area contributed by atoms with Gasteiger partial charge in [-0.3, -0.25) is 4.79 Å². The fourth-order valence-corrected chi connectivity index (χ4v) is 1.94. The molecule has 0 amide bonds. The maximum atomic E-state index is 11.8. The third-order valence-electron chi connectivity index (χ3n) is 3.16.